The smallest absolute Gasteiger partial charge is 0.416 e. The number of carbonyl (C=O) groups excluding carboxylic acids is 1. The number of aromatic nitrogens is 4. The molecule has 1 unspecified atom stereocenters. The first-order valence-corrected chi connectivity index (χ1v) is 14.0. The summed E-state index contributed by atoms with van der Waals surface area (Å²) in [6, 6.07) is 8.61. The fourth-order valence-electron chi connectivity index (χ4n) is 4.78. The molecule has 9 nitrogen and oxygen atoms in total. The lowest BCUT2D eigenvalue weighted by molar-refractivity contribution is -0.137. The third kappa shape index (κ3) is 6.68. The van der Waals surface area contributed by atoms with Gasteiger partial charge in [0.05, 0.1) is 28.9 Å². The molecule has 2 aromatic carbocycles. The zero-order chi connectivity index (χ0) is 29.1. The van der Waals surface area contributed by atoms with Gasteiger partial charge in [-0.3, -0.25) is 4.79 Å². The highest BCUT2D eigenvalue weighted by atomic mass is 32.1. The molecule has 0 radical (unpaired) electrons. The van der Waals surface area contributed by atoms with Crippen LogP contribution in [0.25, 0.3) is 16.3 Å². The van der Waals surface area contributed by atoms with Gasteiger partial charge in [-0.2, -0.15) is 13.2 Å². The van der Waals surface area contributed by atoms with E-state index in [0.29, 0.717) is 23.8 Å². The van der Waals surface area contributed by atoms with Gasteiger partial charge < -0.3 is 20.3 Å². The molecule has 4 aromatic rings. The summed E-state index contributed by atoms with van der Waals surface area (Å²) in [5.41, 5.74) is 1.41. The number of thiazole rings is 1. The van der Waals surface area contributed by atoms with E-state index >= 15 is 0 Å². The van der Waals surface area contributed by atoms with Crippen LogP contribution in [0.15, 0.2) is 48.8 Å². The molecule has 0 saturated carbocycles. The van der Waals surface area contributed by atoms with Crippen molar-refractivity contribution in [2.45, 2.75) is 38.4 Å². The Labute approximate surface area is 239 Å². The minimum atomic E-state index is -4.60. The Morgan fingerprint density at radius 1 is 1.22 bits per heavy atom. The average molecular weight is 586 g/mol. The molecule has 3 heterocycles. The predicted octanol–water partition coefficient (Wildman–Crippen LogP) is 5.88. The lowest BCUT2D eigenvalue weighted by Crippen LogP contribution is -2.26. The van der Waals surface area contributed by atoms with Gasteiger partial charge in [0.2, 0.25) is 0 Å². The Balaban J connectivity index is 1.33. The maximum absolute atomic E-state index is 13.7. The van der Waals surface area contributed by atoms with Crippen LogP contribution < -0.4 is 15.4 Å². The molecule has 0 bridgehead atoms. The number of hydrogen-bond donors (Lipinski definition) is 2. The van der Waals surface area contributed by atoms with E-state index in [-0.39, 0.29) is 23.6 Å². The molecular formula is C28H30F3N7O2S. The summed E-state index contributed by atoms with van der Waals surface area (Å²) in [6.45, 7) is 3.15. The molecule has 2 N–H and O–H groups in total. The number of carbonyl (C=O) groups is 1. The highest BCUT2D eigenvalue weighted by Crippen LogP contribution is 2.35. The van der Waals surface area contributed by atoms with E-state index < -0.39 is 17.6 Å². The summed E-state index contributed by atoms with van der Waals surface area (Å²) >= 11 is 1.43. The fraction of sp³-hybridized carbons (Fsp3) is 0.357. The minimum absolute atomic E-state index is 0.00601. The SMILES string of the molecule is CNc1ncc(-c2cn(-c3cc(C(=O)Nc4cc(OCCC5CCCN5C)cc(C(F)(F)F)c4)ccc3C)nn2)s1. The quantitative estimate of drug-likeness (QED) is 0.253. The van der Waals surface area contributed by atoms with Crippen LogP contribution in [0.4, 0.5) is 24.0 Å². The van der Waals surface area contributed by atoms with Gasteiger partial charge in [0.25, 0.3) is 5.91 Å². The molecular weight excluding hydrogens is 555 g/mol. The second-order valence-corrected chi connectivity index (χ2v) is 11.0. The van der Waals surface area contributed by atoms with E-state index in [2.05, 4.69) is 30.8 Å². The van der Waals surface area contributed by atoms with E-state index in [4.69, 9.17) is 4.74 Å². The number of nitrogens with zero attached hydrogens (tertiary/aromatic N) is 5. The van der Waals surface area contributed by atoms with Crippen LogP contribution in [-0.4, -0.2) is 64.1 Å². The number of halogens is 3. The molecule has 1 saturated heterocycles. The van der Waals surface area contributed by atoms with E-state index in [0.717, 1.165) is 47.1 Å². The van der Waals surface area contributed by atoms with Crippen molar-refractivity contribution in [2.24, 2.45) is 0 Å². The van der Waals surface area contributed by atoms with Crippen molar-refractivity contribution in [1.82, 2.24) is 24.9 Å². The van der Waals surface area contributed by atoms with Crippen LogP contribution in [0.5, 0.6) is 5.75 Å². The van der Waals surface area contributed by atoms with Crippen molar-refractivity contribution in [3.63, 3.8) is 0 Å². The molecule has 1 atom stereocenters. The number of benzene rings is 2. The number of amides is 1. The van der Waals surface area contributed by atoms with Crippen molar-refractivity contribution >= 4 is 28.1 Å². The van der Waals surface area contributed by atoms with Crippen LogP contribution in [0.1, 0.15) is 40.7 Å². The molecule has 0 spiro atoms. The normalized spacial score (nSPS) is 15.7. The average Bonchev–Trinajstić information content (AvgIpc) is 3.70. The van der Waals surface area contributed by atoms with E-state index in [1.807, 2.05) is 14.0 Å². The van der Waals surface area contributed by atoms with Crippen LogP contribution in [0.2, 0.25) is 0 Å². The van der Waals surface area contributed by atoms with Crippen molar-refractivity contribution < 1.29 is 22.7 Å². The monoisotopic (exact) mass is 585 g/mol. The summed E-state index contributed by atoms with van der Waals surface area (Å²) in [4.78, 5) is 20.5. The van der Waals surface area contributed by atoms with Crippen molar-refractivity contribution in [1.29, 1.82) is 0 Å². The van der Waals surface area contributed by atoms with E-state index in [1.54, 1.807) is 42.3 Å². The number of likely N-dealkylation sites (tertiary alicyclic amines) is 1. The van der Waals surface area contributed by atoms with Gasteiger partial charge in [0.1, 0.15) is 11.4 Å². The maximum atomic E-state index is 13.7. The van der Waals surface area contributed by atoms with Gasteiger partial charge in [0, 0.05) is 36.6 Å². The van der Waals surface area contributed by atoms with Gasteiger partial charge in [-0.1, -0.05) is 22.6 Å². The Morgan fingerprint density at radius 2 is 2.05 bits per heavy atom. The standard InChI is InChI=1S/C28H30F3N7O2S/c1-17-6-7-18(11-24(17)38-16-23(35-36-38)25-15-33-27(32-2)41-25)26(39)34-20-12-19(28(29,30)31)13-22(14-20)40-10-8-21-5-4-9-37(21)3/h6-7,11-16,21H,4-5,8-10H2,1-3H3,(H,32,33)(H,34,39). The van der Waals surface area contributed by atoms with Gasteiger partial charge in [-0.15, -0.1) is 5.10 Å². The summed E-state index contributed by atoms with van der Waals surface area (Å²) in [5.74, 6) is -0.509. The van der Waals surface area contributed by atoms with Gasteiger partial charge in [-0.05, 0) is 69.6 Å². The van der Waals surface area contributed by atoms with Crippen molar-refractivity contribution in [3.05, 3.63) is 65.5 Å². The molecule has 1 fully saturated rings. The first-order chi connectivity index (χ1) is 19.6. The Kier molecular flexibility index (Phi) is 8.27. The maximum Gasteiger partial charge on any atom is 0.416 e. The predicted molar refractivity (Wildman–Crippen MR) is 152 cm³/mol. The molecule has 1 aliphatic rings. The number of nitrogens with one attached hydrogen (secondary N) is 2. The number of ether oxygens (including phenoxy) is 1. The first kappa shape index (κ1) is 28.6. The zero-order valence-electron chi connectivity index (χ0n) is 22.8. The Hall–Kier alpha value is -3.97. The van der Waals surface area contributed by atoms with E-state index in [1.165, 1.54) is 17.4 Å². The highest BCUT2D eigenvalue weighted by molar-refractivity contribution is 7.18. The largest absolute Gasteiger partial charge is 0.493 e. The zero-order valence-corrected chi connectivity index (χ0v) is 23.6. The lowest BCUT2D eigenvalue weighted by atomic mass is 10.1. The van der Waals surface area contributed by atoms with Gasteiger partial charge >= 0.3 is 6.18 Å². The summed E-state index contributed by atoms with van der Waals surface area (Å²) in [6.07, 6.45) is 1.69. The summed E-state index contributed by atoms with van der Waals surface area (Å²) in [5, 5.41) is 14.8. The van der Waals surface area contributed by atoms with Crippen LogP contribution in [0.3, 0.4) is 0 Å². The number of alkyl halides is 3. The van der Waals surface area contributed by atoms with Gasteiger partial charge in [0.15, 0.2) is 5.13 Å². The number of aryl methyl sites for hydroxylation is 1. The second-order valence-electron chi connectivity index (χ2n) is 9.94. The summed E-state index contributed by atoms with van der Waals surface area (Å²) < 4.78 is 48.3. The Morgan fingerprint density at radius 3 is 2.76 bits per heavy atom. The third-order valence-corrected chi connectivity index (χ3v) is 8.10. The minimum Gasteiger partial charge on any atom is -0.493 e. The van der Waals surface area contributed by atoms with Crippen molar-refractivity contribution in [2.75, 3.05) is 37.9 Å². The fourth-order valence-corrected chi connectivity index (χ4v) is 5.50. The number of hydrogen-bond acceptors (Lipinski definition) is 8. The van der Waals surface area contributed by atoms with Crippen LogP contribution >= 0.6 is 11.3 Å². The molecule has 5 rings (SSSR count). The molecule has 41 heavy (non-hydrogen) atoms. The summed E-state index contributed by atoms with van der Waals surface area (Å²) in [7, 11) is 3.82. The lowest BCUT2D eigenvalue weighted by Gasteiger charge is -2.20. The van der Waals surface area contributed by atoms with Crippen LogP contribution in [0, 0.1) is 6.92 Å². The van der Waals surface area contributed by atoms with E-state index in [9.17, 15) is 18.0 Å². The first-order valence-electron chi connectivity index (χ1n) is 13.1. The second kappa shape index (κ2) is 11.9. The Bertz CT molecular complexity index is 1540. The molecule has 1 aliphatic heterocycles. The topological polar surface area (TPSA) is 97.2 Å². The number of anilines is 2. The highest BCUT2D eigenvalue weighted by Gasteiger charge is 2.32. The molecule has 2 aromatic heterocycles. The van der Waals surface area contributed by atoms with Crippen LogP contribution in [-0.2, 0) is 6.18 Å². The molecule has 0 aliphatic carbocycles. The van der Waals surface area contributed by atoms with Gasteiger partial charge in [-0.25, -0.2) is 9.67 Å². The molecule has 1 amide bonds. The molecule has 216 valence electrons. The number of rotatable bonds is 9. The van der Waals surface area contributed by atoms with Crippen molar-refractivity contribution in [3.8, 4) is 22.0 Å². The third-order valence-electron chi connectivity index (χ3n) is 7.07. The molecule has 13 heteroatoms.